The highest BCUT2D eigenvalue weighted by atomic mass is 16.5. The molecule has 0 bridgehead atoms. The third-order valence-electron chi connectivity index (χ3n) is 7.37. The van der Waals surface area contributed by atoms with E-state index in [0.29, 0.717) is 18.7 Å². The quantitative estimate of drug-likeness (QED) is 0.194. The first-order valence-corrected chi connectivity index (χ1v) is 14.3. The second kappa shape index (κ2) is 12.7. The monoisotopic (exact) mass is 535 g/mol. The fourth-order valence-corrected chi connectivity index (χ4v) is 5.26. The standard InChI is InChI=1S/C34H37N3O3/c1-3-5-22-35(34(39)27-18-20-28(21-19-27)40-24-6-4-2)25-32(38)37-30-16-11-10-15-29(30)36-23-12-17-31(36)33(37)26-13-8-7-9-14-26/h7-21,23,33H,3-6,22,24-25H2,1-2H3. The fourth-order valence-electron chi connectivity index (χ4n) is 5.26. The molecule has 2 amide bonds. The minimum atomic E-state index is -0.304. The largest absolute Gasteiger partial charge is 0.494 e. The second-order valence-corrected chi connectivity index (χ2v) is 10.2. The van der Waals surface area contributed by atoms with Gasteiger partial charge in [0, 0.05) is 18.3 Å². The van der Waals surface area contributed by atoms with Gasteiger partial charge in [0.25, 0.3) is 5.91 Å². The molecule has 4 aromatic rings. The van der Waals surface area contributed by atoms with E-state index < -0.39 is 0 Å². The Kier molecular flexibility index (Phi) is 8.65. The summed E-state index contributed by atoms with van der Waals surface area (Å²) in [6.45, 7) is 5.38. The first-order valence-electron chi connectivity index (χ1n) is 14.3. The van der Waals surface area contributed by atoms with Crippen molar-refractivity contribution in [2.24, 2.45) is 0 Å². The molecule has 206 valence electrons. The lowest BCUT2D eigenvalue weighted by Crippen LogP contribution is -2.47. The minimum absolute atomic E-state index is 0.00798. The number of fused-ring (bicyclic) bond motifs is 3. The molecule has 2 heterocycles. The van der Waals surface area contributed by atoms with Gasteiger partial charge >= 0.3 is 0 Å². The Morgan fingerprint density at radius 3 is 2.23 bits per heavy atom. The summed E-state index contributed by atoms with van der Waals surface area (Å²) in [7, 11) is 0. The van der Waals surface area contributed by atoms with Gasteiger partial charge in [0.2, 0.25) is 5.91 Å². The zero-order valence-electron chi connectivity index (χ0n) is 23.3. The fraction of sp³-hybridized carbons (Fsp3) is 0.294. The van der Waals surface area contributed by atoms with Gasteiger partial charge in [-0.05, 0) is 66.9 Å². The van der Waals surface area contributed by atoms with E-state index in [-0.39, 0.29) is 24.4 Å². The summed E-state index contributed by atoms with van der Waals surface area (Å²) in [4.78, 5) is 31.6. The van der Waals surface area contributed by atoms with Crippen LogP contribution >= 0.6 is 0 Å². The number of nitrogens with zero attached hydrogens (tertiary/aromatic N) is 3. The first-order chi connectivity index (χ1) is 19.6. The maximum Gasteiger partial charge on any atom is 0.254 e. The molecule has 0 aliphatic carbocycles. The van der Waals surface area contributed by atoms with Crippen LogP contribution in [-0.2, 0) is 4.79 Å². The highest BCUT2D eigenvalue weighted by Gasteiger charge is 2.36. The molecule has 0 N–H and O–H groups in total. The van der Waals surface area contributed by atoms with Crippen molar-refractivity contribution in [3.63, 3.8) is 0 Å². The van der Waals surface area contributed by atoms with Crippen molar-refractivity contribution in [1.82, 2.24) is 9.47 Å². The summed E-state index contributed by atoms with van der Waals surface area (Å²) in [5.74, 6) is 0.490. The van der Waals surface area contributed by atoms with E-state index >= 15 is 0 Å². The Bertz CT molecular complexity index is 1430. The lowest BCUT2D eigenvalue weighted by molar-refractivity contribution is -0.119. The molecule has 1 aliphatic rings. The van der Waals surface area contributed by atoms with Crippen LogP contribution in [0.2, 0.25) is 0 Å². The number of carbonyl (C=O) groups is 2. The number of aromatic nitrogens is 1. The Morgan fingerprint density at radius 2 is 1.50 bits per heavy atom. The molecule has 1 aromatic heterocycles. The van der Waals surface area contributed by atoms with Gasteiger partial charge in [0.05, 0.1) is 23.7 Å². The maximum atomic E-state index is 14.3. The third kappa shape index (κ3) is 5.67. The molecule has 6 nitrogen and oxygen atoms in total. The number of hydrogen-bond donors (Lipinski definition) is 0. The van der Waals surface area contributed by atoms with Crippen molar-refractivity contribution in [2.45, 2.75) is 45.6 Å². The molecule has 40 heavy (non-hydrogen) atoms. The first kappa shape index (κ1) is 27.3. The van der Waals surface area contributed by atoms with E-state index in [1.807, 2.05) is 71.8 Å². The molecular formula is C34H37N3O3. The number of para-hydroxylation sites is 2. The van der Waals surface area contributed by atoms with Crippen molar-refractivity contribution in [1.29, 1.82) is 0 Å². The van der Waals surface area contributed by atoms with Crippen LogP contribution in [-0.4, -0.2) is 41.0 Å². The van der Waals surface area contributed by atoms with Gasteiger partial charge in [-0.1, -0.05) is 69.2 Å². The molecule has 5 rings (SSSR count). The number of unbranched alkanes of at least 4 members (excludes halogenated alkanes) is 2. The van der Waals surface area contributed by atoms with E-state index in [9.17, 15) is 9.59 Å². The number of benzene rings is 3. The summed E-state index contributed by atoms with van der Waals surface area (Å²) in [5, 5.41) is 0. The number of rotatable bonds is 11. The van der Waals surface area contributed by atoms with Gasteiger partial charge in [-0.15, -0.1) is 0 Å². The van der Waals surface area contributed by atoms with Gasteiger partial charge in [0.1, 0.15) is 18.3 Å². The van der Waals surface area contributed by atoms with Crippen molar-refractivity contribution in [2.75, 3.05) is 24.6 Å². The summed E-state index contributed by atoms with van der Waals surface area (Å²) in [5.41, 5.74) is 4.38. The Labute approximate surface area is 236 Å². The summed E-state index contributed by atoms with van der Waals surface area (Å²) >= 11 is 0. The van der Waals surface area contributed by atoms with Crippen molar-refractivity contribution in [3.05, 3.63) is 114 Å². The average molecular weight is 536 g/mol. The number of carbonyl (C=O) groups excluding carboxylic acids is 2. The molecule has 1 unspecified atom stereocenters. The molecule has 0 fully saturated rings. The van der Waals surface area contributed by atoms with Crippen molar-refractivity contribution >= 4 is 17.5 Å². The van der Waals surface area contributed by atoms with Crippen LogP contribution in [0.15, 0.2) is 97.2 Å². The van der Waals surface area contributed by atoms with Gasteiger partial charge < -0.3 is 14.2 Å². The highest BCUT2D eigenvalue weighted by Crippen LogP contribution is 2.42. The average Bonchev–Trinajstić information content (AvgIpc) is 3.49. The zero-order valence-corrected chi connectivity index (χ0v) is 23.3. The molecule has 0 saturated carbocycles. The molecule has 6 heteroatoms. The van der Waals surface area contributed by atoms with E-state index in [0.717, 1.165) is 54.1 Å². The van der Waals surface area contributed by atoms with E-state index in [2.05, 4.69) is 36.6 Å². The van der Waals surface area contributed by atoms with Crippen LogP contribution < -0.4 is 9.64 Å². The number of hydrogen-bond acceptors (Lipinski definition) is 3. The smallest absolute Gasteiger partial charge is 0.254 e. The molecule has 0 saturated heterocycles. The number of ether oxygens (including phenoxy) is 1. The number of anilines is 1. The van der Waals surface area contributed by atoms with Gasteiger partial charge in [-0.2, -0.15) is 0 Å². The van der Waals surface area contributed by atoms with E-state index in [4.69, 9.17) is 4.74 Å². The predicted octanol–water partition coefficient (Wildman–Crippen LogP) is 7.03. The van der Waals surface area contributed by atoms with Crippen LogP contribution in [0.25, 0.3) is 5.69 Å². The number of amides is 2. The Hall–Kier alpha value is -4.32. The molecule has 3 aromatic carbocycles. The summed E-state index contributed by atoms with van der Waals surface area (Å²) in [6.07, 6.45) is 5.84. The Balaban J connectivity index is 1.45. The molecule has 0 radical (unpaired) electrons. The third-order valence-corrected chi connectivity index (χ3v) is 7.37. The maximum absolute atomic E-state index is 14.3. The second-order valence-electron chi connectivity index (χ2n) is 10.2. The van der Waals surface area contributed by atoms with E-state index in [1.165, 1.54) is 0 Å². The van der Waals surface area contributed by atoms with Crippen LogP contribution in [0.4, 0.5) is 5.69 Å². The van der Waals surface area contributed by atoms with Gasteiger partial charge in [-0.3, -0.25) is 14.5 Å². The molecule has 1 atom stereocenters. The van der Waals surface area contributed by atoms with Crippen LogP contribution in [0, 0.1) is 0 Å². The predicted molar refractivity (Wildman–Crippen MR) is 159 cm³/mol. The van der Waals surface area contributed by atoms with Crippen molar-refractivity contribution < 1.29 is 14.3 Å². The summed E-state index contributed by atoms with van der Waals surface area (Å²) in [6, 6.07) is 29.1. The molecule has 1 aliphatic heterocycles. The van der Waals surface area contributed by atoms with Gasteiger partial charge in [0.15, 0.2) is 0 Å². The Morgan fingerprint density at radius 1 is 0.800 bits per heavy atom. The topological polar surface area (TPSA) is 54.8 Å². The lowest BCUT2D eigenvalue weighted by atomic mass is 9.97. The van der Waals surface area contributed by atoms with Gasteiger partial charge in [-0.25, -0.2) is 0 Å². The molecular weight excluding hydrogens is 498 g/mol. The van der Waals surface area contributed by atoms with Crippen LogP contribution in [0.3, 0.4) is 0 Å². The zero-order chi connectivity index (χ0) is 27.9. The SMILES string of the molecule is CCCCOc1ccc(C(=O)N(CCCC)CC(=O)N2c3ccccc3-n3cccc3C2c2ccccc2)cc1. The lowest BCUT2D eigenvalue weighted by Gasteiger charge is -2.39. The molecule has 0 spiro atoms. The van der Waals surface area contributed by atoms with Crippen LogP contribution in [0.1, 0.15) is 67.2 Å². The van der Waals surface area contributed by atoms with Crippen LogP contribution in [0.5, 0.6) is 5.75 Å². The summed E-state index contributed by atoms with van der Waals surface area (Å²) < 4.78 is 7.93. The van der Waals surface area contributed by atoms with E-state index in [1.54, 1.807) is 17.0 Å². The minimum Gasteiger partial charge on any atom is -0.494 e. The van der Waals surface area contributed by atoms with Crippen molar-refractivity contribution in [3.8, 4) is 11.4 Å². The highest BCUT2D eigenvalue weighted by molar-refractivity contribution is 6.02. The normalized spacial score (nSPS) is 13.8.